The van der Waals surface area contributed by atoms with Gasteiger partial charge in [0.05, 0.1) is 6.54 Å². The molecular formula is C11H19N. The van der Waals surface area contributed by atoms with Crippen LogP contribution in [-0.2, 0) is 0 Å². The van der Waals surface area contributed by atoms with Crippen LogP contribution in [-0.4, -0.2) is 13.1 Å². The third kappa shape index (κ3) is 2.87. The third-order valence-corrected chi connectivity index (χ3v) is 2.84. The Kier molecular flexibility index (Phi) is 3.62. The molecule has 0 unspecified atom stereocenters. The molecule has 0 bridgehead atoms. The van der Waals surface area contributed by atoms with Crippen LogP contribution in [0.15, 0.2) is 0 Å². The van der Waals surface area contributed by atoms with Crippen molar-refractivity contribution in [3.63, 3.8) is 0 Å². The summed E-state index contributed by atoms with van der Waals surface area (Å²) >= 11 is 0. The average Bonchev–Trinajstić information content (AvgIpc) is 2.06. The minimum atomic E-state index is 0.523. The third-order valence-electron chi connectivity index (χ3n) is 2.84. The first-order valence-corrected chi connectivity index (χ1v) is 4.91. The van der Waals surface area contributed by atoms with Gasteiger partial charge in [-0.1, -0.05) is 32.1 Å². The summed E-state index contributed by atoms with van der Waals surface area (Å²) in [5.41, 5.74) is 0.523. The van der Waals surface area contributed by atoms with E-state index >= 15 is 0 Å². The van der Waals surface area contributed by atoms with E-state index < -0.39 is 0 Å². The van der Waals surface area contributed by atoms with Gasteiger partial charge >= 0.3 is 0 Å². The largest absolute Gasteiger partial charge is 0.306 e. The molecular weight excluding hydrogens is 146 g/mol. The highest BCUT2D eigenvalue weighted by molar-refractivity contribution is 4.88. The Labute approximate surface area is 75.9 Å². The summed E-state index contributed by atoms with van der Waals surface area (Å²) in [6.07, 6.45) is 12.1. The van der Waals surface area contributed by atoms with Crippen LogP contribution < -0.4 is 5.32 Å². The van der Waals surface area contributed by atoms with Gasteiger partial charge in [-0.25, -0.2) is 0 Å². The first kappa shape index (κ1) is 9.61. The van der Waals surface area contributed by atoms with Crippen molar-refractivity contribution in [1.82, 2.24) is 5.32 Å². The van der Waals surface area contributed by atoms with Crippen molar-refractivity contribution < 1.29 is 0 Å². The fraction of sp³-hybridized carbons (Fsp3) is 0.818. The van der Waals surface area contributed by atoms with Crippen molar-refractivity contribution in [3.05, 3.63) is 0 Å². The van der Waals surface area contributed by atoms with Crippen LogP contribution in [0.2, 0.25) is 0 Å². The highest BCUT2D eigenvalue weighted by Gasteiger charge is 2.25. The molecule has 1 heteroatoms. The molecule has 0 aromatic carbocycles. The first-order chi connectivity index (χ1) is 5.77. The van der Waals surface area contributed by atoms with E-state index in [-0.39, 0.29) is 0 Å². The van der Waals surface area contributed by atoms with Crippen LogP contribution in [0, 0.1) is 17.8 Å². The molecule has 1 nitrogen and oxygen atoms in total. The molecule has 0 saturated heterocycles. The van der Waals surface area contributed by atoms with Crippen molar-refractivity contribution in [3.8, 4) is 12.3 Å². The quantitative estimate of drug-likeness (QED) is 0.499. The smallest absolute Gasteiger partial charge is 0.0574 e. The lowest BCUT2D eigenvalue weighted by Crippen LogP contribution is -2.33. The highest BCUT2D eigenvalue weighted by atomic mass is 14.9. The highest BCUT2D eigenvalue weighted by Crippen LogP contribution is 2.34. The van der Waals surface area contributed by atoms with Crippen molar-refractivity contribution in [1.29, 1.82) is 0 Å². The maximum Gasteiger partial charge on any atom is 0.0574 e. The maximum absolute atomic E-state index is 5.17. The standard InChI is InChI=1S/C11H19N/c1-3-9-12-10-11(2)7-5-4-6-8-11/h1,12H,4-10H2,2H3. The number of nitrogens with one attached hydrogen (secondary N) is 1. The van der Waals surface area contributed by atoms with Crippen LogP contribution in [0.25, 0.3) is 0 Å². The molecule has 1 aliphatic carbocycles. The topological polar surface area (TPSA) is 12.0 Å². The van der Waals surface area contributed by atoms with E-state index in [0.717, 1.165) is 13.1 Å². The van der Waals surface area contributed by atoms with Gasteiger partial charge in [-0.3, -0.25) is 0 Å². The summed E-state index contributed by atoms with van der Waals surface area (Å²) in [5, 5.41) is 3.31. The van der Waals surface area contributed by atoms with Crippen molar-refractivity contribution in [2.24, 2.45) is 5.41 Å². The minimum absolute atomic E-state index is 0.523. The zero-order valence-electron chi connectivity index (χ0n) is 8.03. The Morgan fingerprint density at radius 1 is 1.33 bits per heavy atom. The predicted octanol–water partition coefficient (Wildman–Crippen LogP) is 2.18. The molecule has 1 saturated carbocycles. The summed E-state index contributed by atoms with van der Waals surface area (Å²) < 4.78 is 0. The molecule has 0 atom stereocenters. The van der Waals surface area contributed by atoms with E-state index in [1.165, 1.54) is 32.1 Å². The zero-order chi connectivity index (χ0) is 8.86. The van der Waals surface area contributed by atoms with E-state index in [9.17, 15) is 0 Å². The Balaban J connectivity index is 2.23. The van der Waals surface area contributed by atoms with Gasteiger partial charge in [-0.05, 0) is 18.3 Å². The van der Waals surface area contributed by atoms with Crippen molar-refractivity contribution >= 4 is 0 Å². The maximum atomic E-state index is 5.17. The predicted molar refractivity (Wildman–Crippen MR) is 52.9 cm³/mol. The lowest BCUT2D eigenvalue weighted by Gasteiger charge is -2.33. The molecule has 0 radical (unpaired) electrons. The van der Waals surface area contributed by atoms with E-state index in [4.69, 9.17) is 6.42 Å². The summed E-state index contributed by atoms with van der Waals surface area (Å²) in [7, 11) is 0. The molecule has 0 aromatic heterocycles. The second kappa shape index (κ2) is 4.52. The number of rotatable bonds is 3. The summed E-state index contributed by atoms with van der Waals surface area (Å²) in [6, 6.07) is 0. The van der Waals surface area contributed by atoms with Crippen LogP contribution in [0.4, 0.5) is 0 Å². The van der Waals surface area contributed by atoms with Gasteiger partial charge in [-0.2, -0.15) is 0 Å². The van der Waals surface area contributed by atoms with Gasteiger partial charge in [0.25, 0.3) is 0 Å². The monoisotopic (exact) mass is 165 g/mol. The molecule has 0 spiro atoms. The first-order valence-electron chi connectivity index (χ1n) is 4.91. The van der Waals surface area contributed by atoms with Crippen LogP contribution in [0.3, 0.4) is 0 Å². The summed E-state index contributed by atoms with van der Waals surface area (Å²) in [6.45, 7) is 4.18. The Morgan fingerprint density at radius 3 is 2.58 bits per heavy atom. The Hall–Kier alpha value is -0.480. The second-order valence-corrected chi connectivity index (χ2v) is 4.18. The van der Waals surface area contributed by atoms with Crippen molar-refractivity contribution in [2.45, 2.75) is 39.0 Å². The van der Waals surface area contributed by atoms with Crippen LogP contribution >= 0.6 is 0 Å². The minimum Gasteiger partial charge on any atom is -0.306 e. The summed E-state index contributed by atoms with van der Waals surface area (Å²) in [5.74, 6) is 2.61. The molecule has 1 fully saturated rings. The fourth-order valence-electron chi connectivity index (χ4n) is 2.02. The lowest BCUT2D eigenvalue weighted by atomic mass is 9.76. The molecule has 0 heterocycles. The normalized spacial score (nSPS) is 21.7. The molecule has 0 aromatic rings. The van der Waals surface area contributed by atoms with Gasteiger partial charge in [0.1, 0.15) is 0 Å². The Morgan fingerprint density at radius 2 is 2.00 bits per heavy atom. The number of hydrogen-bond donors (Lipinski definition) is 1. The van der Waals surface area contributed by atoms with Gasteiger partial charge < -0.3 is 5.32 Å². The molecule has 1 aliphatic rings. The van der Waals surface area contributed by atoms with Gasteiger partial charge in [0, 0.05) is 6.54 Å². The number of hydrogen-bond acceptors (Lipinski definition) is 1. The van der Waals surface area contributed by atoms with Crippen LogP contribution in [0.1, 0.15) is 39.0 Å². The second-order valence-electron chi connectivity index (χ2n) is 4.18. The molecule has 1 N–H and O–H groups in total. The SMILES string of the molecule is C#CCNCC1(C)CCCCC1. The molecule has 0 aliphatic heterocycles. The van der Waals surface area contributed by atoms with E-state index in [0.29, 0.717) is 5.41 Å². The molecule has 0 amide bonds. The average molecular weight is 165 g/mol. The lowest BCUT2D eigenvalue weighted by molar-refractivity contribution is 0.211. The Bertz CT molecular complexity index is 160. The van der Waals surface area contributed by atoms with Gasteiger partial charge in [0.15, 0.2) is 0 Å². The number of terminal acetylenes is 1. The molecule has 68 valence electrons. The van der Waals surface area contributed by atoms with Gasteiger partial charge in [-0.15, -0.1) is 6.42 Å². The van der Waals surface area contributed by atoms with Crippen LogP contribution in [0.5, 0.6) is 0 Å². The zero-order valence-corrected chi connectivity index (χ0v) is 8.03. The van der Waals surface area contributed by atoms with Crippen molar-refractivity contribution in [2.75, 3.05) is 13.1 Å². The van der Waals surface area contributed by atoms with Gasteiger partial charge in [0.2, 0.25) is 0 Å². The molecule has 12 heavy (non-hydrogen) atoms. The molecule has 1 rings (SSSR count). The van der Waals surface area contributed by atoms with E-state index in [1.54, 1.807) is 0 Å². The summed E-state index contributed by atoms with van der Waals surface area (Å²) in [4.78, 5) is 0. The fourth-order valence-corrected chi connectivity index (χ4v) is 2.02. The van der Waals surface area contributed by atoms with E-state index in [1.807, 2.05) is 0 Å². The van der Waals surface area contributed by atoms with E-state index in [2.05, 4.69) is 18.2 Å².